The molecule has 0 amide bonds. The zero-order valence-corrected chi connectivity index (χ0v) is 13.4. The number of nitrogens with zero attached hydrogens (tertiary/aromatic N) is 2. The largest absolute Gasteiger partial charge is 0.402 e. The van der Waals surface area contributed by atoms with Crippen molar-refractivity contribution < 1.29 is 14.5 Å². The van der Waals surface area contributed by atoms with Crippen LogP contribution in [-0.2, 0) is 9.53 Å². The second kappa shape index (κ2) is 6.43. The molecule has 1 heterocycles. The summed E-state index contributed by atoms with van der Waals surface area (Å²) >= 11 is 11.8. The molecule has 6 nitrogen and oxygen atoms in total. The first-order chi connectivity index (χ1) is 11.4. The van der Waals surface area contributed by atoms with Crippen molar-refractivity contribution in [3.63, 3.8) is 0 Å². The van der Waals surface area contributed by atoms with Gasteiger partial charge in [-0.25, -0.2) is 9.79 Å². The number of carbonyl (C=O) groups excluding carboxylic acids is 1. The summed E-state index contributed by atoms with van der Waals surface area (Å²) in [5, 5.41) is 11.4. The predicted molar refractivity (Wildman–Crippen MR) is 90.2 cm³/mol. The Balaban J connectivity index is 1.94. The topological polar surface area (TPSA) is 81.8 Å². The van der Waals surface area contributed by atoms with E-state index in [1.165, 1.54) is 18.2 Å². The van der Waals surface area contributed by atoms with Crippen LogP contribution in [0.15, 0.2) is 53.2 Å². The molecule has 0 atom stereocenters. The number of esters is 1. The Morgan fingerprint density at radius 3 is 2.46 bits per heavy atom. The number of aliphatic imine (C=N–C) groups is 1. The van der Waals surface area contributed by atoms with Gasteiger partial charge in [0.15, 0.2) is 5.70 Å². The minimum atomic E-state index is -0.630. The molecule has 0 bridgehead atoms. The first-order valence-electron chi connectivity index (χ1n) is 6.66. The smallest absolute Gasteiger partial charge is 0.363 e. The van der Waals surface area contributed by atoms with Gasteiger partial charge in [0.25, 0.3) is 5.69 Å². The fourth-order valence-electron chi connectivity index (χ4n) is 2.03. The van der Waals surface area contributed by atoms with Crippen molar-refractivity contribution in [2.24, 2.45) is 4.99 Å². The lowest BCUT2D eigenvalue weighted by Crippen LogP contribution is -2.06. The van der Waals surface area contributed by atoms with Gasteiger partial charge in [-0.2, -0.15) is 0 Å². The van der Waals surface area contributed by atoms with Crippen LogP contribution in [0, 0.1) is 10.1 Å². The molecule has 0 aromatic heterocycles. The van der Waals surface area contributed by atoms with E-state index in [2.05, 4.69) is 4.99 Å². The fraction of sp³-hybridized carbons (Fsp3) is 0. The third-order valence-corrected chi connectivity index (χ3v) is 3.75. The van der Waals surface area contributed by atoms with E-state index in [4.69, 9.17) is 27.9 Å². The van der Waals surface area contributed by atoms with E-state index in [-0.39, 0.29) is 22.3 Å². The summed E-state index contributed by atoms with van der Waals surface area (Å²) in [5.41, 5.74) is 0.966. The van der Waals surface area contributed by atoms with Crippen molar-refractivity contribution in [3.8, 4) is 0 Å². The maximum atomic E-state index is 11.9. The number of hydrogen-bond acceptors (Lipinski definition) is 5. The molecule has 0 N–H and O–H groups in total. The van der Waals surface area contributed by atoms with Crippen LogP contribution in [0.25, 0.3) is 6.08 Å². The van der Waals surface area contributed by atoms with Crippen molar-refractivity contribution in [2.75, 3.05) is 0 Å². The maximum absolute atomic E-state index is 11.9. The van der Waals surface area contributed by atoms with E-state index >= 15 is 0 Å². The lowest BCUT2D eigenvalue weighted by atomic mass is 10.2. The van der Waals surface area contributed by atoms with Gasteiger partial charge in [-0.15, -0.1) is 0 Å². The highest BCUT2D eigenvalue weighted by atomic mass is 35.5. The van der Waals surface area contributed by atoms with E-state index in [0.29, 0.717) is 10.6 Å². The standard InChI is InChI=1S/C16H8Cl2N2O4/c17-10-3-1-9(2-4-10)7-14-16(21)24-15(19-14)12-6-5-11(20(22)23)8-13(12)18/h1-8H. The first-order valence-corrected chi connectivity index (χ1v) is 7.42. The minimum absolute atomic E-state index is 0.000103. The number of halogens is 2. The summed E-state index contributed by atoms with van der Waals surface area (Å²) < 4.78 is 5.10. The molecule has 120 valence electrons. The fourth-order valence-corrected chi connectivity index (χ4v) is 2.41. The van der Waals surface area contributed by atoms with Gasteiger partial charge in [-0.3, -0.25) is 10.1 Å². The van der Waals surface area contributed by atoms with Crippen LogP contribution >= 0.6 is 23.2 Å². The summed E-state index contributed by atoms with van der Waals surface area (Å²) in [6.45, 7) is 0. The van der Waals surface area contributed by atoms with Crippen LogP contribution in [0.1, 0.15) is 11.1 Å². The molecule has 8 heteroatoms. The van der Waals surface area contributed by atoms with Crippen molar-refractivity contribution >= 4 is 46.8 Å². The summed E-state index contributed by atoms with van der Waals surface area (Å²) in [5.74, 6) is -0.630. The van der Waals surface area contributed by atoms with Gasteiger partial charge in [-0.1, -0.05) is 35.3 Å². The number of benzene rings is 2. The lowest BCUT2D eigenvalue weighted by molar-refractivity contribution is -0.384. The summed E-state index contributed by atoms with van der Waals surface area (Å²) in [4.78, 5) is 26.2. The number of nitro groups is 1. The molecule has 0 spiro atoms. The van der Waals surface area contributed by atoms with E-state index in [0.717, 1.165) is 5.56 Å². The van der Waals surface area contributed by atoms with E-state index in [1.54, 1.807) is 30.3 Å². The van der Waals surface area contributed by atoms with Crippen LogP contribution in [0.4, 0.5) is 5.69 Å². The van der Waals surface area contributed by atoms with Gasteiger partial charge >= 0.3 is 5.97 Å². The summed E-state index contributed by atoms with van der Waals surface area (Å²) in [7, 11) is 0. The van der Waals surface area contributed by atoms with Gasteiger partial charge in [0.05, 0.1) is 15.5 Å². The van der Waals surface area contributed by atoms with Crippen molar-refractivity contribution in [1.82, 2.24) is 0 Å². The average molecular weight is 363 g/mol. The molecule has 1 aliphatic heterocycles. The minimum Gasteiger partial charge on any atom is -0.402 e. The average Bonchev–Trinajstić information content (AvgIpc) is 2.90. The highest BCUT2D eigenvalue weighted by molar-refractivity contribution is 6.34. The number of hydrogen-bond donors (Lipinski definition) is 0. The first kappa shape index (κ1) is 16.2. The molecule has 0 saturated carbocycles. The van der Waals surface area contributed by atoms with Crippen LogP contribution in [0.5, 0.6) is 0 Å². The Morgan fingerprint density at radius 2 is 1.83 bits per heavy atom. The summed E-state index contributed by atoms with van der Waals surface area (Å²) in [6.07, 6.45) is 1.55. The van der Waals surface area contributed by atoms with Gasteiger partial charge in [0, 0.05) is 17.2 Å². The van der Waals surface area contributed by atoms with E-state index in [1.807, 2.05) is 0 Å². The Kier molecular flexibility index (Phi) is 4.33. The molecule has 0 saturated heterocycles. The van der Waals surface area contributed by atoms with E-state index in [9.17, 15) is 14.9 Å². The molecular formula is C16H8Cl2N2O4. The van der Waals surface area contributed by atoms with Crippen molar-refractivity contribution in [3.05, 3.63) is 79.4 Å². The third kappa shape index (κ3) is 3.29. The molecular weight excluding hydrogens is 355 g/mol. The number of non-ortho nitro benzene ring substituents is 1. The Bertz CT molecular complexity index is 905. The number of ether oxygens (including phenoxy) is 1. The SMILES string of the molecule is O=C1OC(c2ccc([N+](=O)[O-])cc2Cl)=NC1=Cc1ccc(Cl)cc1. The number of cyclic esters (lactones) is 1. The number of rotatable bonds is 3. The molecule has 2 aromatic rings. The van der Waals surface area contributed by atoms with Crippen LogP contribution < -0.4 is 0 Å². The quantitative estimate of drug-likeness (QED) is 0.353. The number of carbonyl (C=O) groups is 1. The molecule has 24 heavy (non-hydrogen) atoms. The molecule has 3 rings (SSSR count). The molecule has 0 radical (unpaired) electrons. The molecule has 0 unspecified atom stereocenters. The van der Waals surface area contributed by atoms with Gasteiger partial charge < -0.3 is 4.74 Å². The zero-order chi connectivity index (χ0) is 17.3. The second-order valence-corrected chi connectivity index (χ2v) is 5.65. The molecule has 0 fully saturated rings. The van der Waals surface area contributed by atoms with Crippen LogP contribution in [-0.4, -0.2) is 16.8 Å². The van der Waals surface area contributed by atoms with Gasteiger partial charge in [-0.05, 0) is 29.8 Å². The Labute approximate surface area is 146 Å². The van der Waals surface area contributed by atoms with Crippen molar-refractivity contribution in [2.45, 2.75) is 0 Å². The van der Waals surface area contributed by atoms with Gasteiger partial charge in [0.2, 0.25) is 5.90 Å². The molecule has 2 aromatic carbocycles. The lowest BCUT2D eigenvalue weighted by Gasteiger charge is -2.02. The van der Waals surface area contributed by atoms with E-state index < -0.39 is 10.9 Å². The maximum Gasteiger partial charge on any atom is 0.363 e. The second-order valence-electron chi connectivity index (χ2n) is 4.81. The Morgan fingerprint density at radius 1 is 1.12 bits per heavy atom. The normalized spacial score (nSPS) is 15.3. The third-order valence-electron chi connectivity index (χ3n) is 3.19. The van der Waals surface area contributed by atoms with Gasteiger partial charge in [0.1, 0.15) is 0 Å². The highest BCUT2D eigenvalue weighted by Gasteiger charge is 2.26. The zero-order valence-electron chi connectivity index (χ0n) is 11.9. The highest BCUT2D eigenvalue weighted by Crippen LogP contribution is 2.27. The van der Waals surface area contributed by atoms with Crippen LogP contribution in [0.2, 0.25) is 10.0 Å². The van der Waals surface area contributed by atoms with Crippen LogP contribution in [0.3, 0.4) is 0 Å². The summed E-state index contributed by atoms with van der Waals surface area (Å²) in [6, 6.07) is 10.7. The number of nitro benzene ring substituents is 1. The molecule has 1 aliphatic rings. The van der Waals surface area contributed by atoms with Crippen molar-refractivity contribution in [1.29, 1.82) is 0 Å². The molecule has 0 aliphatic carbocycles. The monoisotopic (exact) mass is 362 g/mol. The Hall–Kier alpha value is -2.70. The predicted octanol–water partition coefficient (Wildman–Crippen LogP) is 4.25.